The van der Waals surface area contributed by atoms with Crippen LogP contribution in [0.3, 0.4) is 0 Å². The van der Waals surface area contributed by atoms with E-state index in [9.17, 15) is 18.0 Å². The van der Waals surface area contributed by atoms with Crippen LogP contribution >= 0.6 is 0 Å². The van der Waals surface area contributed by atoms with Crippen LogP contribution in [-0.2, 0) is 37.1 Å². The first kappa shape index (κ1) is 20.0. The largest absolute Gasteiger partial charge is 0.465 e. The van der Waals surface area contributed by atoms with Crippen molar-refractivity contribution in [1.82, 2.24) is 0 Å². The predicted octanol–water partition coefficient (Wildman–Crippen LogP) is 0.211. The van der Waals surface area contributed by atoms with Crippen LogP contribution in [0.4, 0.5) is 5.69 Å². The molecule has 0 saturated carbocycles. The number of quaternary nitrogens is 1. The third kappa shape index (κ3) is 4.58. The maximum Gasteiger partial charge on any atom is 0.365 e. The van der Waals surface area contributed by atoms with Crippen LogP contribution in [-0.4, -0.2) is 46.2 Å². The quantitative estimate of drug-likeness (QED) is 0.697. The van der Waals surface area contributed by atoms with E-state index in [0.717, 1.165) is 22.3 Å². The predicted molar refractivity (Wildman–Crippen MR) is 104 cm³/mol. The lowest BCUT2D eigenvalue weighted by Crippen LogP contribution is -3.17. The van der Waals surface area contributed by atoms with Gasteiger partial charge in [0.1, 0.15) is 6.54 Å². The zero-order valence-electron chi connectivity index (χ0n) is 15.8. The minimum atomic E-state index is -3.36. The molecule has 2 aromatic carbocycles. The number of fused-ring (bicyclic) bond motifs is 1. The summed E-state index contributed by atoms with van der Waals surface area (Å²) >= 11 is 0. The van der Waals surface area contributed by atoms with Crippen molar-refractivity contribution >= 4 is 27.4 Å². The van der Waals surface area contributed by atoms with Crippen LogP contribution in [0.5, 0.6) is 0 Å². The number of ether oxygens (including phenoxy) is 1. The molecule has 3 rings (SSSR count). The third-order valence-electron chi connectivity index (χ3n) is 4.87. The average Bonchev–Trinajstić information content (AvgIpc) is 2.66. The minimum absolute atomic E-state index is 0.0667. The number of esters is 1. The second kappa shape index (κ2) is 8.12. The van der Waals surface area contributed by atoms with Gasteiger partial charge in [-0.25, -0.2) is 13.2 Å². The lowest BCUT2D eigenvalue weighted by molar-refractivity contribution is -0.924. The molecule has 2 N–H and O–H groups in total. The molecule has 0 aliphatic carbocycles. The Morgan fingerprint density at radius 2 is 1.86 bits per heavy atom. The first-order valence-corrected chi connectivity index (χ1v) is 10.8. The molecule has 1 aliphatic rings. The van der Waals surface area contributed by atoms with E-state index in [4.69, 9.17) is 4.74 Å². The van der Waals surface area contributed by atoms with Gasteiger partial charge >= 0.3 is 5.97 Å². The monoisotopic (exact) mass is 403 g/mol. The van der Waals surface area contributed by atoms with Crippen molar-refractivity contribution in [2.45, 2.75) is 23.9 Å². The Balaban J connectivity index is 1.76. The fraction of sp³-hybridized carbons (Fsp3) is 0.300. The molecule has 2 atom stereocenters. The highest BCUT2D eigenvalue weighted by Crippen LogP contribution is 2.16. The maximum absolute atomic E-state index is 12.6. The van der Waals surface area contributed by atoms with Crippen LogP contribution in [0.1, 0.15) is 11.1 Å². The number of nitrogens with one attached hydrogen (secondary N) is 2. The first-order chi connectivity index (χ1) is 13.3. The smallest absolute Gasteiger partial charge is 0.365 e. The van der Waals surface area contributed by atoms with E-state index < -0.39 is 15.9 Å². The molecule has 1 unspecified atom stereocenters. The molecule has 1 heterocycles. The molecule has 0 bridgehead atoms. The number of carbonyl (C=O) groups is 2. The Hall–Kier alpha value is -2.71. The number of amides is 1. The van der Waals surface area contributed by atoms with Crippen molar-refractivity contribution in [3.63, 3.8) is 0 Å². The highest BCUT2D eigenvalue weighted by molar-refractivity contribution is 7.90. The van der Waals surface area contributed by atoms with E-state index in [1.807, 2.05) is 24.3 Å². The summed E-state index contributed by atoms with van der Waals surface area (Å²) in [7, 11) is -2.02. The van der Waals surface area contributed by atoms with Gasteiger partial charge < -0.3 is 15.0 Å². The summed E-state index contributed by atoms with van der Waals surface area (Å²) in [5.41, 5.74) is 2.59. The molecule has 2 aromatic rings. The zero-order chi connectivity index (χ0) is 20.3. The van der Waals surface area contributed by atoms with Crippen molar-refractivity contribution in [3.05, 3.63) is 59.7 Å². The number of hydrogen-bond donors (Lipinski definition) is 2. The van der Waals surface area contributed by atoms with Gasteiger partial charge in [0, 0.05) is 23.9 Å². The van der Waals surface area contributed by atoms with Gasteiger partial charge in [-0.15, -0.1) is 0 Å². The molecule has 0 spiro atoms. The van der Waals surface area contributed by atoms with Gasteiger partial charge in [-0.3, -0.25) is 4.79 Å². The molecule has 7 nitrogen and oxygen atoms in total. The van der Waals surface area contributed by atoms with Crippen LogP contribution in [0, 0.1) is 0 Å². The summed E-state index contributed by atoms with van der Waals surface area (Å²) in [6.07, 6.45) is 1.62. The molecule has 0 aromatic heterocycles. The Bertz CT molecular complexity index is 1000. The molecule has 28 heavy (non-hydrogen) atoms. The van der Waals surface area contributed by atoms with Gasteiger partial charge in [-0.05, 0) is 23.8 Å². The second-order valence-electron chi connectivity index (χ2n) is 6.91. The van der Waals surface area contributed by atoms with Gasteiger partial charge in [0.2, 0.25) is 0 Å². The lowest BCUT2D eigenvalue weighted by atomic mass is 9.94. The van der Waals surface area contributed by atoms with Crippen molar-refractivity contribution in [1.29, 1.82) is 0 Å². The second-order valence-corrected chi connectivity index (χ2v) is 8.92. The topological polar surface area (TPSA) is 94.0 Å². The van der Waals surface area contributed by atoms with Gasteiger partial charge in [-0.1, -0.05) is 30.3 Å². The van der Waals surface area contributed by atoms with Crippen LogP contribution in [0.15, 0.2) is 53.4 Å². The number of methoxy groups -OCH3 is 1. The van der Waals surface area contributed by atoms with E-state index in [0.29, 0.717) is 18.7 Å². The number of benzene rings is 2. The van der Waals surface area contributed by atoms with E-state index in [-0.39, 0.29) is 23.3 Å². The Morgan fingerprint density at radius 1 is 1.14 bits per heavy atom. The normalized spacial score (nSPS) is 18.8. The zero-order valence-corrected chi connectivity index (χ0v) is 16.6. The van der Waals surface area contributed by atoms with Gasteiger partial charge in [0.05, 0.1) is 12.0 Å². The summed E-state index contributed by atoms with van der Waals surface area (Å²) < 4.78 is 28.3. The molecule has 0 radical (unpaired) electrons. The average molecular weight is 403 g/mol. The summed E-state index contributed by atoms with van der Waals surface area (Å²) in [6, 6.07) is 13.5. The number of rotatable bonds is 5. The van der Waals surface area contributed by atoms with E-state index in [2.05, 4.69) is 5.32 Å². The molecular weight excluding hydrogens is 380 g/mol. The lowest BCUT2D eigenvalue weighted by Gasteiger charge is -2.31. The Morgan fingerprint density at radius 3 is 2.54 bits per heavy atom. The molecule has 0 saturated heterocycles. The van der Waals surface area contributed by atoms with E-state index in [1.54, 1.807) is 12.1 Å². The molecular formula is C20H23N2O5S+. The number of sulfone groups is 1. The Labute approximate surface area is 164 Å². The van der Waals surface area contributed by atoms with Crippen molar-refractivity contribution in [3.8, 4) is 0 Å². The van der Waals surface area contributed by atoms with Crippen molar-refractivity contribution < 1.29 is 27.6 Å². The first-order valence-electron chi connectivity index (χ1n) is 8.87. The molecule has 8 heteroatoms. The highest BCUT2D eigenvalue weighted by Gasteiger charge is 2.37. The van der Waals surface area contributed by atoms with Crippen LogP contribution in [0.25, 0.3) is 0 Å². The van der Waals surface area contributed by atoms with Crippen molar-refractivity contribution in [2.24, 2.45) is 0 Å². The SMILES string of the molecule is COC(=O)[C@H]1Cc2ccccc2C[NH+]1CC(=O)Nc1cccc(S(C)(=O)=O)c1. The number of carbonyl (C=O) groups excluding carboxylic acids is 2. The maximum atomic E-state index is 12.6. The molecule has 1 aliphatic heterocycles. The summed E-state index contributed by atoms with van der Waals surface area (Å²) in [5.74, 6) is -0.648. The minimum Gasteiger partial charge on any atom is -0.465 e. The molecule has 148 valence electrons. The summed E-state index contributed by atoms with van der Waals surface area (Å²) in [6.45, 7) is 0.601. The summed E-state index contributed by atoms with van der Waals surface area (Å²) in [5, 5.41) is 2.73. The third-order valence-corrected chi connectivity index (χ3v) is 5.98. The fourth-order valence-electron chi connectivity index (χ4n) is 3.46. The fourth-order valence-corrected chi connectivity index (χ4v) is 4.12. The molecule has 0 fully saturated rings. The highest BCUT2D eigenvalue weighted by atomic mass is 32.2. The van der Waals surface area contributed by atoms with Gasteiger partial charge in [0.15, 0.2) is 22.4 Å². The van der Waals surface area contributed by atoms with Crippen molar-refractivity contribution in [2.75, 3.05) is 25.2 Å². The standard InChI is InChI=1S/C20H22N2O5S/c1-27-20(24)18-10-14-6-3-4-7-15(14)12-22(18)13-19(23)21-16-8-5-9-17(11-16)28(2,25)26/h3-9,11,18H,10,12-13H2,1-2H3,(H,21,23)/p+1/t18-/m1/s1. The van der Waals surface area contributed by atoms with Crippen LogP contribution in [0.2, 0.25) is 0 Å². The van der Waals surface area contributed by atoms with E-state index in [1.165, 1.54) is 19.2 Å². The number of anilines is 1. The van der Waals surface area contributed by atoms with Gasteiger partial charge in [-0.2, -0.15) is 0 Å². The van der Waals surface area contributed by atoms with Crippen LogP contribution < -0.4 is 10.2 Å². The molecule has 1 amide bonds. The Kier molecular flexibility index (Phi) is 5.81. The van der Waals surface area contributed by atoms with Gasteiger partial charge in [0.25, 0.3) is 5.91 Å². The van der Waals surface area contributed by atoms with E-state index >= 15 is 0 Å². The summed E-state index contributed by atoms with van der Waals surface area (Å²) in [4.78, 5) is 25.7. The number of hydrogen-bond acceptors (Lipinski definition) is 5.